The summed E-state index contributed by atoms with van der Waals surface area (Å²) in [5.74, 6) is -4.28. The van der Waals surface area contributed by atoms with E-state index in [1.54, 1.807) is 18.2 Å². The smallest absolute Gasteiger partial charge is 0.452 e. The van der Waals surface area contributed by atoms with Crippen LogP contribution in [0.4, 0.5) is 23.7 Å². The lowest BCUT2D eigenvalue weighted by atomic mass is 10.0. The summed E-state index contributed by atoms with van der Waals surface area (Å²) < 4.78 is 45.2. The minimum atomic E-state index is -5.19. The lowest BCUT2D eigenvalue weighted by molar-refractivity contribution is -0.173. The van der Waals surface area contributed by atoms with E-state index in [0.717, 1.165) is 4.57 Å². The van der Waals surface area contributed by atoms with Gasteiger partial charge < -0.3 is 19.7 Å². The molecule has 10 nitrogen and oxygen atoms in total. The maximum Gasteiger partial charge on any atom is 0.452 e. The number of Topliss-reactive ketones (excluding diaryl/α,β-unsaturated/α-hetero) is 1. The molecule has 0 bridgehead atoms. The van der Waals surface area contributed by atoms with E-state index < -0.39 is 54.5 Å². The van der Waals surface area contributed by atoms with Crippen molar-refractivity contribution in [2.24, 2.45) is 0 Å². The molecule has 1 aromatic heterocycles. The number of nitrogens with one attached hydrogen (secondary N) is 2. The summed E-state index contributed by atoms with van der Waals surface area (Å²) in [6, 6.07) is 14.0. The van der Waals surface area contributed by atoms with E-state index in [1.807, 2.05) is 5.32 Å². The molecule has 0 aliphatic carbocycles. The summed E-state index contributed by atoms with van der Waals surface area (Å²) >= 11 is 0. The number of carbonyl (C=O) groups is 4. The van der Waals surface area contributed by atoms with Crippen molar-refractivity contribution in [3.05, 3.63) is 100.0 Å². The summed E-state index contributed by atoms with van der Waals surface area (Å²) in [6.45, 7) is -0.957. The Morgan fingerprint density at radius 1 is 0.923 bits per heavy atom. The van der Waals surface area contributed by atoms with Gasteiger partial charge in [-0.15, -0.1) is 0 Å². The number of anilines is 1. The Hall–Kier alpha value is -4.94. The number of carboxylic acid groups (broad SMARTS) is 1. The van der Waals surface area contributed by atoms with Crippen LogP contribution in [0.2, 0.25) is 0 Å². The highest BCUT2D eigenvalue weighted by atomic mass is 19.4. The first kappa shape index (κ1) is 28.6. The zero-order chi connectivity index (χ0) is 28.6. The van der Waals surface area contributed by atoms with Gasteiger partial charge in [0.1, 0.15) is 24.9 Å². The van der Waals surface area contributed by atoms with Crippen molar-refractivity contribution in [1.29, 1.82) is 0 Å². The number of benzene rings is 2. The van der Waals surface area contributed by atoms with E-state index in [0.29, 0.717) is 11.1 Å². The van der Waals surface area contributed by atoms with Crippen LogP contribution in [0.5, 0.6) is 0 Å². The molecule has 2 amide bonds. The molecule has 2 aromatic carbocycles. The fraction of sp³-hybridized carbons (Fsp3) is 0.192. The second-order valence-electron chi connectivity index (χ2n) is 8.23. The Labute approximate surface area is 219 Å². The molecule has 3 rings (SSSR count). The molecular formula is C26H22F3N3O7. The molecule has 3 N–H and O–H groups in total. The van der Waals surface area contributed by atoms with Crippen LogP contribution in [0.25, 0.3) is 0 Å². The topological polar surface area (TPSA) is 144 Å². The molecule has 204 valence electrons. The van der Waals surface area contributed by atoms with E-state index in [9.17, 15) is 37.1 Å². The van der Waals surface area contributed by atoms with E-state index in [1.165, 1.54) is 54.7 Å². The second kappa shape index (κ2) is 12.5. The zero-order valence-corrected chi connectivity index (χ0v) is 20.1. The van der Waals surface area contributed by atoms with Crippen molar-refractivity contribution in [2.45, 2.75) is 31.8 Å². The number of amides is 2. The van der Waals surface area contributed by atoms with Crippen molar-refractivity contribution >= 4 is 29.4 Å². The standard InChI is InChI=1S/C26H22F3N3O7/c27-26(28,29)22(34)20(13-16-5-2-1-3-6-16)30-21(33)14-32-12-4-7-19(23(32)35)31-25(38)39-15-17-8-10-18(11-9-17)24(36)37/h1-12,20H,13-15H2,(H,30,33)(H,31,38)(H,36,37). The Kier molecular flexibility index (Phi) is 9.20. The number of hydrogen-bond acceptors (Lipinski definition) is 6. The van der Waals surface area contributed by atoms with Gasteiger partial charge in [-0.05, 0) is 35.4 Å². The molecular weight excluding hydrogens is 523 g/mol. The fourth-order valence-electron chi connectivity index (χ4n) is 3.45. The van der Waals surface area contributed by atoms with Crippen molar-refractivity contribution in [3.63, 3.8) is 0 Å². The lowest BCUT2D eigenvalue weighted by Crippen LogP contribution is -2.49. The molecule has 0 saturated carbocycles. The Balaban J connectivity index is 1.64. The van der Waals surface area contributed by atoms with Gasteiger partial charge in [-0.2, -0.15) is 13.2 Å². The number of aromatic nitrogens is 1. The number of aromatic carboxylic acids is 1. The Morgan fingerprint density at radius 3 is 2.21 bits per heavy atom. The molecule has 0 aliphatic rings. The van der Waals surface area contributed by atoms with Gasteiger partial charge in [-0.25, -0.2) is 9.59 Å². The van der Waals surface area contributed by atoms with Gasteiger partial charge in [-0.1, -0.05) is 42.5 Å². The highest BCUT2D eigenvalue weighted by Crippen LogP contribution is 2.20. The molecule has 0 fully saturated rings. The van der Waals surface area contributed by atoms with Crippen molar-refractivity contribution in [2.75, 3.05) is 5.32 Å². The van der Waals surface area contributed by atoms with Crippen LogP contribution >= 0.6 is 0 Å². The average Bonchev–Trinajstić information content (AvgIpc) is 2.89. The quantitative estimate of drug-likeness (QED) is 0.355. The van der Waals surface area contributed by atoms with Gasteiger partial charge in [0.15, 0.2) is 0 Å². The van der Waals surface area contributed by atoms with Gasteiger partial charge in [-0.3, -0.25) is 19.7 Å². The third-order valence-corrected chi connectivity index (χ3v) is 5.36. The van der Waals surface area contributed by atoms with Crippen molar-refractivity contribution < 1.29 is 42.2 Å². The number of ketones is 1. The average molecular weight is 545 g/mol. The van der Waals surface area contributed by atoms with Crippen molar-refractivity contribution in [3.8, 4) is 0 Å². The number of carboxylic acids is 1. The third-order valence-electron chi connectivity index (χ3n) is 5.36. The summed E-state index contributed by atoms with van der Waals surface area (Å²) in [5, 5.41) is 13.2. The predicted molar refractivity (Wildman–Crippen MR) is 131 cm³/mol. The van der Waals surface area contributed by atoms with E-state index in [4.69, 9.17) is 9.84 Å². The molecule has 0 radical (unpaired) electrons. The highest BCUT2D eigenvalue weighted by Gasteiger charge is 2.43. The first-order valence-electron chi connectivity index (χ1n) is 11.3. The van der Waals surface area contributed by atoms with E-state index in [-0.39, 0.29) is 17.9 Å². The van der Waals surface area contributed by atoms with Gasteiger partial charge in [0.25, 0.3) is 11.3 Å². The maximum atomic E-state index is 13.1. The molecule has 0 spiro atoms. The van der Waals surface area contributed by atoms with Crippen LogP contribution in [-0.4, -0.2) is 45.6 Å². The first-order valence-corrected chi connectivity index (χ1v) is 11.3. The van der Waals surface area contributed by atoms with Crippen LogP contribution in [0.1, 0.15) is 21.5 Å². The number of rotatable bonds is 10. The number of pyridine rings is 1. The summed E-state index contributed by atoms with van der Waals surface area (Å²) in [7, 11) is 0. The SMILES string of the molecule is O=C(Cn1cccc(NC(=O)OCc2ccc(C(=O)O)cc2)c1=O)NC(Cc1ccccc1)C(=O)C(F)(F)F. The maximum absolute atomic E-state index is 13.1. The second-order valence-corrected chi connectivity index (χ2v) is 8.23. The third kappa shape index (κ3) is 8.28. The molecule has 3 aromatic rings. The minimum absolute atomic E-state index is 0.0474. The van der Waals surface area contributed by atoms with Gasteiger partial charge in [0.05, 0.1) is 5.56 Å². The first-order chi connectivity index (χ1) is 18.4. The molecule has 1 atom stereocenters. The predicted octanol–water partition coefficient (Wildman–Crippen LogP) is 3.15. The summed E-state index contributed by atoms with van der Waals surface area (Å²) in [4.78, 5) is 60.2. The summed E-state index contributed by atoms with van der Waals surface area (Å²) in [6.07, 6.45) is -5.44. The molecule has 1 unspecified atom stereocenters. The minimum Gasteiger partial charge on any atom is -0.478 e. The lowest BCUT2D eigenvalue weighted by Gasteiger charge is -2.19. The number of nitrogens with zero attached hydrogens (tertiary/aromatic N) is 1. The number of alkyl halides is 3. The van der Waals surface area contributed by atoms with Crippen LogP contribution < -0.4 is 16.2 Å². The molecule has 0 aliphatic heterocycles. The molecule has 1 heterocycles. The van der Waals surface area contributed by atoms with E-state index >= 15 is 0 Å². The van der Waals surface area contributed by atoms with Gasteiger partial charge in [0.2, 0.25) is 5.91 Å². The zero-order valence-electron chi connectivity index (χ0n) is 20.1. The number of carbonyl (C=O) groups excluding carboxylic acids is 3. The van der Waals surface area contributed by atoms with Crippen LogP contribution in [0, 0.1) is 0 Å². The number of hydrogen-bond donors (Lipinski definition) is 3. The van der Waals surface area contributed by atoms with Crippen LogP contribution in [0.3, 0.4) is 0 Å². The number of halogens is 3. The summed E-state index contributed by atoms with van der Waals surface area (Å²) in [5.41, 5.74) is -0.206. The normalized spacial score (nSPS) is 11.8. The molecule has 13 heteroatoms. The molecule has 39 heavy (non-hydrogen) atoms. The Morgan fingerprint density at radius 2 is 1.59 bits per heavy atom. The van der Waals surface area contributed by atoms with E-state index in [2.05, 4.69) is 5.32 Å². The molecule has 0 saturated heterocycles. The monoisotopic (exact) mass is 545 g/mol. The number of ether oxygens (including phenoxy) is 1. The van der Waals surface area contributed by atoms with Crippen LogP contribution in [-0.2, 0) is 33.9 Å². The van der Waals surface area contributed by atoms with Crippen molar-refractivity contribution in [1.82, 2.24) is 9.88 Å². The van der Waals surface area contributed by atoms with Crippen LogP contribution in [0.15, 0.2) is 77.7 Å². The Bertz CT molecular complexity index is 1400. The van der Waals surface area contributed by atoms with Gasteiger partial charge >= 0.3 is 18.2 Å². The largest absolute Gasteiger partial charge is 0.478 e. The highest BCUT2D eigenvalue weighted by molar-refractivity contribution is 5.93. The fourth-order valence-corrected chi connectivity index (χ4v) is 3.45. The van der Waals surface area contributed by atoms with Gasteiger partial charge in [0, 0.05) is 12.6 Å².